The Labute approximate surface area is 131 Å². The number of aliphatic hydroxyl groups is 1. The molecule has 5 nitrogen and oxygen atoms in total. The summed E-state index contributed by atoms with van der Waals surface area (Å²) in [6.07, 6.45) is 8.83. The fourth-order valence-electron chi connectivity index (χ4n) is 3.52. The summed E-state index contributed by atoms with van der Waals surface area (Å²) in [7, 11) is 0. The van der Waals surface area contributed by atoms with E-state index in [1.807, 2.05) is 0 Å². The third kappa shape index (κ3) is 2.82. The number of nitrogens with zero attached hydrogens (tertiary/aromatic N) is 3. The zero-order valence-electron chi connectivity index (χ0n) is 13.6. The maximum atomic E-state index is 9.11. The van der Waals surface area contributed by atoms with Crippen molar-refractivity contribution in [2.24, 2.45) is 0 Å². The SMILES string of the molecule is Cc1c(C)n(CCCO)c2ncnc(NC3CCCCC3)c12. The van der Waals surface area contributed by atoms with Crippen LogP contribution in [0.1, 0.15) is 49.8 Å². The summed E-state index contributed by atoms with van der Waals surface area (Å²) in [6, 6.07) is 0.535. The van der Waals surface area contributed by atoms with Gasteiger partial charge in [-0.15, -0.1) is 0 Å². The van der Waals surface area contributed by atoms with Gasteiger partial charge in [-0.3, -0.25) is 0 Å². The Balaban J connectivity index is 1.97. The molecule has 0 saturated heterocycles. The molecule has 1 saturated carbocycles. The topological polar surface area (TPSA) is 63.0 Å². The quantitative estimate of drug-likeness (QED) is 0.890. The second kappa shape index (κ2) is 6.65. The van der Waals surface area contributed by atoms with Gasteiger partial charge in [-0.05, 0) is 38.7 Å². The van der Waals surface area contributed by atoms with E-state index in [9.17, 15) is 0 Å². The van der Waals surface area contributed by atoms with Crippen molar-refractivity contribution in [1.29, 1.82) is 0 Å². The van der Waals surface area contributed by atoms with Gasteiger partial charge in [-0.2, -0.15) is 0 Å². The molecule has 5 heteroatoms. The Hall–Kier alpha value is -1.62. The van der Waals surface area contributed by atoms with Crippen LogP contribution in [0.5, 0.6) is 0 Å². The first-order valence-corrected chi connectivity index (χ1v) is 8.40. The molecule has 0 aliphatic heterocycles. The fourth-order valence-corrected chi connectivity index (χ4v) is 3.52. The number of aromatic nitrogens is 3. The highest BCUT2D eigenvalue weighted by Gasteiger charge is 2.19. The molecule has 0 atom stereocenters. The molecule has 1 aliphatic carbocycles. The summed E-state index contributed by atoms with van der Waals surface area (Å²) in [6.45, 7) is 5.27. The number of aliphatic hydroxyl groups excluding tert-OH is 1. The van der Waals surface area contributed by atoms with Crippen LogP contribution in [0.2, 0.25) is 0 Å². The average molecular weight is 302 g/mol. The fraction of sp³-hybridized carbons (Fsp3) is 0.647. The molecule has 0 amide bonds. The van der Waals surface area contributed by atoms with Crippen molar-refractivity contribution in [1.82, 2.24) is 14.5 Å². The molecule has 3 rings (SSSR count). The van der Waals surface area contributed by atoms with Crippen LogP contribution in [0.25, 0.3) is 11.0 Å². The number of aryl methyl sites for hydroxylation is 2. The van der Waals surface area contributed by atoms with Gasteiger partial charge in [0, 0.05) is 24.9 Å². The van der Waals surface area contributed by atoms with Crippen LogP contribution in [0.3, 0.4) is 0 Å². The summed E-state index contributed by atoms with van der Waals surface area (Å²) in [5, 5.41) is 13.9. The predicted octanol–water partition coefficient (Wildman–Crippen LogP) is 3.18. The van der Waals surface area contributed by atoms with E-state index in [4.69, 9.17) is 5.11 Å². The van der Waals surface area contributed by atoms with Gasteiger partial charge in [-0.25, -0.2) is 9.97 Å². The molecule has 0 aromatic carbocycles. The summed E-state index contributed by atoms with van der Waals surface area (Å²) >= 11 is 0. The maximum Gasteiger partial charge on any atom is 0.145 e. The lowest BCUT2D eigenvalue weighted by atomic mass is 9.95. The molecule has 22 heavy (non-hydrogen) atoms. The summed E-state index contributed by atoms with van der Waals surface area (Å²) in [5.41, 5.74) is 3.44. The van der Waals surface area contributed by atoms with Gasteiger partial charge < -0.3 is 15.0 Å². The third-order valence-electron chi connectivity index (χ3n) is 4.89. The maximum absolute atomic E-state index is 9.11. The smallest absolute Gasteiger partial charge is 0.145 e. The van der Waals surface area contributed by atoms with Crippen molar-refractivity contribution >= 4 is 16.9 Å². The lowest BCUT2D eigenvalue weighted by Gasteiger charge is -2.23. The zero-order valence-corrected chi connectivity index (χ0v) is 13.6. The Bertz CT molecular complexity index is 644. The Morgan fingerprint density at radius 3 is 2.73 bits per heavy atom. The van der Waals surface area contributed by atoms with Gasteiger partial charge in [0.05, 0.1) is 5.39 Å². The standard InChI is InChI=1S/C17H26N4O/c1-12-13(2)21(9-6-10-22)17-15(12)16(18-11-19-17)20-14-7-4-3-5-8-14/h11,14,22H,3-10H2,1-2H3,(H,18,19,20). The normalized spacial score (nSPS) is 16.3. The number of rotatable bonds is 5. The molecular weight excluding hydrogens is 276 g/mol. The molecule has 2 aromatic rings. The van der Waals surface area contributed by atoms with Crippen molar-refractivity contribution in [3.63, 3.8) is 0 Å². The number of hydrogen-bond donors (Lipinski definition) is 2. The van der Waals surface area contributed by atoms with Crippen molar-refractivity contribution in [2.45, 2.75) is 65.0 Å². The number of fused-ring (bicyclic) bond motifs is 1. The summed E-state index contributed by atoms with van der Waals surface area (Å²) in [5.74, 6) is 0.972. The van der Waals surface area contributed by atoms with Crippen molar-refractivity contribution in [3.8, 4) is 0 Å². The van der Waals surface area contributed by atoms with E-state index in [-0.39, 0.29) is 6.61 Å². The van der Waals surface area contributed by atoms with Gasteiger partial charge >= 0.3 is 0 Å². The monoisotopic (exact) mass is 302 g/mol. The van der Waals surface area contributed by atoms with Crippen LogP contribution in [0.4, 0.5) is 5.82 Å². The molecule has 0 spiro atoms. The third-order valence-corrected chi connectivity index (χ3v) is 4.89. The molecule has 2 heterocycles. The van der Waals surface area contributed by atoms with Gasteiger partial charge in [0.1, 0.15) is 17.8 Å². The molecule has 2 aromatic heterocycles. The van der Waals surface area contributed by atoms with Crippen molar-refractivity contribution in [3.05, 3.63) is 17.6 Å². The molecule has 0 unspecified atom stereocenters. The molecule has 2 N–H and O–H groups in total. The van der Waals surface area contributed by atoms with E-state index < -0.39 is 0 Å². The first-order valence-electron chi connectivity index (χ1n) is 8.40. The zero-order chi connectivity index (χ0) is 15.5. The van der Waals surface area contributed by atoms with Crippen molar-refractivity contribution in [2.75, 3.05) is 11.9 Å². The molecule has 1 fully saturated rings. The summed E-state index contributed by atoms with van der Waals surface area (Å²) in [4.78, 5) is 9.01. The van der Waals surface area contributed by atoms with Crippen molar-refractivity contribution < 1.29 is 5.11 Å². The minimum atomic E-state index is 0.205. The van der Waals surface area contributed by atoms with Crippen LogP contribution < -0.4 is 5.32 Å². The Kier molecular flexibility index (Phi) is 4.62. The Morgan fingerprint density at radius 1 is 1.23 bits per heavy atom. The first-order chi connectivity index (χ1) is 10.7. The molecule has 120 valence electrons. The van der Waals surface area contributed by atoms with Crippen LogP contribution >= 0.6 is 0 Å². The van der Waals surface area contributed by atoms with E-state index in [1.54, 1.807) is 6.33 Å². The predicted molar refractivity (Wildman–Crippen MR) is 89.2 cm³/mol. The van der Waals surface area contributed by atoms with Crippen LogP contribution in [0, 0.1) is 13.8 Å². The molecular formula is C17H26N4O. The van der Waals surface area contributed by atoms with Gasteiger partial charge in [0.25, 0.3) is 0 Å². The van der Waals surface area contributed by atoms with Gasteiger partial charge in [0.2, 0.25) is 0 Å². The largest absolute Gasteiger partial charge is 0.396 e. The number of hydrogen-bond acceptors (Lipinski definition) is 4. The first kappa shape index (κ1) is 15.3. The van der Waals surface area contributed by atoms with E-state index in [2.05, 4.69) is 33.7 Å². The van der Waals surface area contributed by atoms with Gasteiger partial charge in [-0.1, -0.05) is 19.3 Å². The van der Waals surface area contributed by atoms with Crippen LogP contribution in [-0.2, 0) is 6.54 Å². The minimum Gasteiger partial charge on any atom is -0.396 e. The molecule has 0 bridgehead atoms. The van der Waals surface area contributed by atoms with Gasteiger partial charge in [0.15, 0.2) is 0 Å². The molecule has 0 radical (unpaired) electrons. The van der Waals surface area contributed by atoms with E-state index in [0.29, 0.717) is 6.04 Å². The Morgan fingerprint density at radius 2 is 2.00 bits per heavy atom. The highest BCUT2D eigenvalue weighted by Crippen LogP contribution is 2.30. The summed E-state index contributed by atoms with van der Waals surface area (Å²) < 4.78 is 2.20. The van der Waals surface area contributed by atoms with Crippen LogP contribution in [-0.4, -0.2) is 32.3 Å². The highest BCUT2D eigenvalue weighted by atomic mass is 16.3. The average Bonchev–Trinajstić information content (AvgIpc) is 2.79. The van der Waals surface area contributed by atoms with E-state index in [0.717, 1.165) is 29.8 Å². The molecule has 1 aliphatic rings. The second-order valence-corrected chi connectivity index (χ2v) is 6.34. The number of nitrogens with one attached hydrogen (secondary N) is 1. The lowest BCUT2D eigenvalue weighted by Crippen LogP contribution is -2.23. The van der Waals surface area contributed by atoms with Crippen LogP contribution in [0.15, 0.2) is 6.33 Å². The second-order valence-electron chi connectivity index (χ2n) is 6.34. The number of anilines is 1. The van der Waals surface area contributed by atoms with E-state index >= 15 is 0 Å². The van der Waals surface area contributed by atoms with E-state index in [1.165, 1.54) is 43.4 Å². The minimum absolute atomic E-state index is 0.205. The highest BCUT2D eigenvalue weighted by molar-refractivity contribution is 5.92. The lowest BCUT2D eigenvalue weighted by molar-refractivity contribution is 0.280.